The van der Waals surface area contributed by atoms with Crippen molar-refractivity contribution in [3.05, 3.63) is 82.5 Å². The Hall–Kier alpha value is -2.36. The van der Waals surface area contributed by atoms with Crippen LogP contribution in [0.5, 0.6) is 0 Å². The van der Waals surface area contributed by atoms with Crippen LogP contribution in [-0.4, -0.2) is 10.9 Å². The number of nitrogens with zero attached hydrogens (tertiary/aromatic N) is 1. The number of aromatic nitrogens is 1. The number of halogens is 2. The van der Waals surface area contributed by atoms with Crippen LogP contribution in [0.2, 0.25) is 10.0 Å². The van der Waals surface area contributed by atoms with Crippen LogP contribution in [0.1, 0.15) is 10.4 Å². The highest BCUT2D eigenvalue weighted by atomic mass is 35.5. The van der Waals surface area contributed by atoms with Gasteiger partial charge in [0.1, 0.15) is 0 Å². The lowest BCUT2D eigenvalue weighted by molar-refractivity contribution is 0.102. The van der Waals surface area contributed by atoms with Crippen molar-refractivity contribution in [2.75, 3.05) is 5.32 Å². The lowest BCUT2D eigenvalue weighted by Gasteiger charge is -2.07. The molecule has 23 heavy (non-hydrogen) atoms. The first-order valence-electron chi connectivity index (χ1n) is 6.91. The molecule has 0 atom stereocenters. The van der Waals surface area contributed by atoms with Crippen LogP contribution < -0.4 is 5.32 Å². The van der Waals surface area contributed by atoms with E-state index in [1.807, 2.05) is 18.2 Å². The van der Waals surface area contributed by atoms with Crippen molar-refractivity contribution in [2.24, 2.45) is 0 Å². The van der Waals surface area contributed by atoms with Gasteiger partial charge in [0.25, 0.3) is 5.91 Å². The summed E-state index contributed by atoms with van der Waals surface area (Å²) in [4.78, 5) is 16.5. The van der Waals surface area contributed by atoms with Gasteiger partial charge in [0.2, 0.25) is 0 Å². The lowest BCUT2D eigenvalue weighted by Crippen LogP contribution is -2.12. The van der Waals surface area contributed by atoms with E-state index in [2.05, 4.69) is 10.3 Å². The van der Waals surface area contributed by atoms with Gasteiger partial charge in [0.05, 0.1) is 11.3 Å². The normalized spacial score (nSPS) is 10.3. The Morgan fingerprint density at radius 1 is 0.913 bits per heavy atom. The summed E-state index contributed by atoms with van der Waals surface area (Å²) >= 11 is 12.0. The molecule has 2 aromatic carbocycles. The maximum atomic E-state index is 12.2. The number of carbonyl (C=O) groups excluding carboxylic acids is 1. The van der Waals surface area contributed by atoms with Crippen LogP contribution in [-0.2, 0) is 0 Å². The van der Waals surface area contributed by atoms with Gasteiger partial charge >= 0.3 is 0 Å². The van der Waals surface area contributed by atoms with Crippen LogP contribution in [0.4, 0.5) is 5.69 Å². The van der Waals surface area contributed by atoms with Gasteiger partial charge in [-0.3, -0.25) is 9.78 Å². The highest BCUT2D eigenvalue weighted by molar-refractivity contribution is 6.33. The average Bonchev–Trinajstić information content (AvgIpc) is 2.57. The number of hydrogen-bond donors (Lipinski definition) is 1. The minimum Gasteiger partial charge on any atom is -0.322 e. The molecule has 1 aromatic heterocycles. The summed E-state index contributed by atoms with van der Waals surface area (Å²) in [6.07, 6.45) is 1.53. The summed E-state index contributed by atoms with van der Waals surface area (Å²) in [6.45, 7) is 0. The SMILES string of the molecule is O=C(Nc1ccc(Cl)cc1)c1ccc(-c2ccccc2Cl)nc1. The Morgan fingerprint density at radius 2 is 1.65 bits per heavy atom. The van der Waals surface area contributed by atoms with E-state index in [9.17, 15) is 4.79 Å². The third-order valence-corrected chi connectivity index (χ3v) is 3.86. The fourth-order valence-electron chi connectivity index (χ4n) is 2.09. The number of hydrogen-bond acceptors (Lipinski definition) is 2. The van der Waals surface area contributed by atoms with Crippen molar-refractivity contribution < 1.29 is 4.79 Å². The van der Waals surface area contributed by atoms with E-state index in [-0.39, 0.29) is 5.91 Å². The van der Waals surface area contributed by atoms with E-state index >= 15 is 0 Å². The van der Waals surface area contributed by atoms with Crippen molar-refractivity contribution >= 4 is 34.8 Å². The number of amides is 1. The summed E-state index contributed by atoms with van der Waals surface area (Å²) in [5, 5.41) is 4.04. The van der Waals surface area contributed by atoms with Gasteiger partial charge in [-0.05, 0) is 42.5 Å². The third kappa shape index (κ3) is 3.70. The van der Waals surface area contributed by atoms with Crippen molar-refractivity contribution in [3.63, 3.8) is 0 Å². The van der Waals surface area contributed by atoms with E-state index in [1.165, 1.54) is 6.20 Å². The maximum Gasteiger partial charge on any atom is 0.257 e. The predicted octanol–water partition coefficient (Wildman–Crippen LogP) is 5.31. The second-order valence-electron chi connectivity index (χ2n) is 4.87. The minimum absolute atomic E-state index is 0.231. The fourth-order valence-corrected chi connectivity index (χ4v) is 2.45. The van der Waals surface area contributed by atoms with Crippen LogP contribution in [0.15, 0.2) is 66.9 Å². The second kappa shape index (κ2) is 6.82. The van der Waals surface area contributed by atoms with E-state index in [4.69, 9.17) is 23.2 Å². The van der Waals surface area contributed by atoms with Gasteiger partial charge in [-0.2, -0.15) is 0 Å². The van der Waals surface area contributed by atoms with E-state index < -0.39 is 0 Å². The molecule has 0 unspecified atom stereocenters. The van der Waals surface area contributed by atoms with Gasteiger partial charge in [-0.25, -0.2) is 0 Å². The fraction of sp³-hybridized carbons (Fsp3) is 0. The second-order valence-corrected chi connectivity index (χ2v) is 5.72. The molecule has 5 heteroatoms. The zero-order chi connectivity index (χ0) is 16.2. The van der Waals surface area contributed by atoms with Gasteiger partial charge < -0.3 is 5.32 Å². The predicted molar refractivity (Wildman–Crippen MR) is 94.1 cm³/mol. The van der Waals surface area contributed by atoms with Crippen LogP contribution >= 0.6 is 23.2 Å². The molecular formula is C18H12Cl2N2O. The molecule has 1 N–H and O–H groups in total. The quantitative estimate of drug-likeness (QED) is 0.700. The molecule has 0 spiro atoms. The number of benzene rings is 2. The van der Waals surface area contributed by atoms with Crippen molar-refractivity contribution in [1.29, 1.82) is 0 Å². The van der Waals surface area contributed by atoms with Gasteiger partial charge in [-0.1, -0.05) is 41.4 Å². The summed E-state index contributed by atoms with van der Waals surface area (Å²) < 4.78 is 0. The number of carbonyl (C=O) groups is 1. The highest BCUT2D eigenvalue weighted by Crippen LogP contribution is 2.25. The largest absolute Gasteiger partial charge is 0.322 e. The first-order chi connectivity index (χ1) is 11.1. The highest BCUT2D eigenvalue weighted by Gasteiger charge is 2.09. The molecule has 0 aliphatic rings. The topological polar surface area (TPSA) is 42.0 Å². The molecule has 0 saturated heterocycles. The maximum absolute atomic E-state index is 12.2. The molecule has 3 nitrogen and oxygen atoms in total. The zero-order valence-corrected chi connectivity index (χ0v) is 13.5. The molecule has 3 rings (SSSR count). The van der Waals surface area contributed by atoms with Gasteiger partial charge in [-0.15, -0.1) is 0 Å². The molecule has 0 bridgehead atoms. The van der Waals surface area contributed by atoms with Crippen molar-refractivity contribution in [2.45, 2.75) is 0 Å². The van der Waals surface area contributed by atoms with Crippen LogP contribution in [0.25, 0.3) is 11.3 Å². The Morgan fingerprint density at radius 3 is 2.30 bits per heavy atom. The standard InChI is InChI=1S/C18H12Cl2N2O/c19-13-6-8-14(9-7-13)22-18(23)12-5-10-17(21-11-12)15-3-1-2-4-16(15)20/h1-11H,(H,22,23). The smallest absolute Gasteiger partial charge is 0.257 e. The van der Waals surface area contributed by atoms with Crippen molar-refractivity contribution in [3.8, 4) is 11.3 Å². The molecule has 114 valence electrons. The molecule has 0 fully saturated rings. The van der Waals surface area contributed by atoms with E-state index in [1.54, 1.807) is 42.5 Å². The number of nitrogens with one attached hydrogen (secondary N) is 1. The number of anilines is 1. The van der Waals surface area contributed by atoms with Gasteiger partial charge in [0.15, 0.2) is 0 Å². The molecule has 3 aromatic rings. The molecular weight excluding hydrogens is 331 g/mol. The molecule has 1 heterocycles. The summed E-state index contributed by atoms with van der Waals surface area (Å²) in [5.41, 5.74) is 2.70. The summed E-state index contributed by atoms with van der Waals surface area (Å²) in [7, 11) is 0. The lowest BCUT2D eigenvalue weighted by atomic mass is 10.1. The monoisotopic (exact) mass is 342 g/mol. The molecule has 1 amide bonds. The van der Waals surface area contributed by atoms with E-state index in [0.29, 0.717) is 21.3 Å². The minimum atomic E-state index is -0.231. The number of pyridine rings is 1. The first-order valence-corrected chi connectivity index (χ1v) is 7.67. The Balaban J connectivity index is 1.78. The van der Waals surface area contributed by atoms with E-state index in [0.717, 1.165) is 11.3 Å². The van der Waals surface area contributed by atoms with Crippen LogP contribution in [0.3, 0.4) is 0 Å². The Bertz CT molecular complexity index is 830. The average molecular weight is 343 g/mol. The number of rotatable bonds is 3. The zero-order valence-electron chi connectivity index (χ0n) is 12.0. The molecule has 0 radical (unpaired) electrons. The van der Waals surface area contributed by atoms with Crippen LogP contribution in [0, 0.1) is 0 Å². The molecule has 0 aliphatic heterocycles. The molecule has 0 aliphatic carbocycles. The Kier molecular flexibility index (Phi) is 4.60. The third-order valence-electron chi connectivity index (χ3n) is 3.28. The summed E-state index contributed by atoms with van der Waals surface area (Å²) in [6, 6.07) is 17.9. The Labute approximate surface area is 143 Å². The molecule has 0 saturated carbocycles. The van der Waals surface area contributed by atoms with Gasteiger partial charge in [0, 0.05) is 27.5 Å². The first kappa shape index (κ1) is 15.5. The van der Waals surface area contributed by atoms with Crippen molar-refractivity contribution in [1.82, 2.24) is 4.98 Å². The summed E-state index contributed by atoms with van der Waals surface area (Å²) in [5.74, 6) is -0.231.